The van der Waals surface area contributed by atoms with Gasteiger partial charge in [0.15, 0.2) is 0 Å². The molecule has 0 saturated heterocycles. The van der Waals surface area contributed by atoms with Crippen molar-refractivity contribution in [3.05, 3.63) is 34.3 Å². The Balaban J connectivity index is 1.75. The van der Waals surface area contributed by atoms with Gasteiger partial charge in [-0.2, -0.15) is 0 Å². The molecule has 0 amide bonds. The fraction of sp³-hybridized carbons (Fsp3) is 0.588. The Kier molecular flexibility index (Phi) is 3.45. The van der Waals surface area contributed by atoms with Gasteiger partial charge in [0.2, 0.25) is 0 Å². The van der Waals surface area contributed by atoms with Crippen LogP contribution in [0.15, 0.2) is 28.7 Å². The van der Waals surface area contributed by atoms with Gasteiger partial charge >= 0.3 is 5.97 Å². The first-order valence-electron chi connectivity index (χ1n) is 7.41. The molecule has 2 aliphatic rings. The minimum atomic E-state index is -0.939. The van der Waals surface area contributed by atoms with Crippen molar-refractivity contribution in [2.45, 2.75) is 45.3 Å². The van der Waals surface area contributed by atoms with Gasteiger partial charge in [0.1, 0.15) is 6.10 Å². The molecular weight excluding hydrogens is 332 g/mol. The fourth-order valence-electron chi connectivity index (χ4n) is 3.79. The second-order valence-corrected chi connectivity index (χ2v) is 8.06. The molecule has 0 spiro atoms. The molecule has 1 aromatic carbocycles. The average molecular weight is 353 g/mol. The van der Waals surface area contributed by atoms with Crippen LogP contribution >= 0.6 is 15.9 Å². The van der Waals surface area contributed by atoms with Crippen LogP contribution in [-0.4, -0.2) is 22.8 Å². The van der Waals surface area contributed by atoms with Crippen LogP contribution < -0.4 is 0 Å². The molecule has 4 unspecified atom stereocenters. The van der Waals surface area contributed by atoms with E-state index in [-0.39, 0.29) is 11.4 Å². The van der Waals surface area contributed by atoms with Crippen molar-refractivity contribution >= 4 is 21.9 Å². The standard InChI is InChI=1S/C17H21BrO3/c1-16(2)11-8-14(17(3,20)9-12(11)16)21-15(19)10-6-4-5-7-13(10)18/h4-7,11-12,14,20H,8-9H2,1-3H3. The maximum atomic E-state index is 12.3. The summed E-state index contributed by atoms with van der Waals surface area (Å²) in [6.07, 6.45) is 1.03. The van der Waals surface area contributed by atoms with Crippen LogP contribution in [0.4, 0.5) is 0 Å². The number of aliphatic hydroxyl groups is 1. The molecule has 4 heteroatoms. The SMILES string of the molecule is CC1(O)CC2C(CC1OC(=O)c1ccccc1Br)C2(C)C. The quantitative estimate of drug-likeness (QED) is 0.823. The summed E-state index contributed by atoms with van der Waals surface area (Å²) in [6, 6.07) is 7.21. The van der Waals surface area contributed by atoms with Crippen LogP contribution in [0.25, 0.3) is 0 Å². The summed E-state index contributed by atoms with van der Waals surface area (Å²) in [7, 11) is 0. The van der Waals surface area contributed by atoms with E-state index >= 15 is 0 Å². The number of carbonyl (C=O) groups excluding carboxylic acids is 1. The lowest BCUT2D eigenvalue weighted by Gasteiger charge is -2.36. The van der Waals surface area contributed by atoms with E-state index in [1.807, 2.05) is 12.1 Å². The Hall–Kier alpha value is -0.870. The van der Waals surface area contributed by atoms with Crippen LogP contribution in [0.5, 0.6) is 0 Å². The lowest BCUT2D eigenvalue weighted by molar-refractivity contribution is -0.0986. The second kappa shape index (κ2) is 4.82. The summed E-state index contributed by atoms with van der Waals surface area (Å²) in [5.41, 5.74) is -0.171. The van der Waals surface area contributed by atoms with Gasteiger partial charge in [-0.15, -0.1) is 0 Å². The van der Waals surface area contributed by atoms with Crippen molar-refractivity contribution in [3.8, 4) is 0 Å². The fourth-order valence-corrected chi connectivity index (χ4v) is 4.23. The number of rotatable bonds is 2. The third-order valence-corrected chi connectivity index (χ3v) is 6.12. The first-order valence-corrected chi connectivity index (χ1v) is 8.20. The molecule has 3 rings (SSSR count). The van der Waals surface area contributed by atoms with Crippen molar-refractivity contribution < 1.29 is 14.6 Å². The summed E-state index contributed by atoms with van der Waals surface area (Å²) < 4.78 is 6.36. The highest BCUT2D eigenvalue weighted by Gasteiger charge is 2.64. The first-order chi connectivity index (χ1) is 9.73. The minimum absolute atomic E-state index is 0.262. The maximum absolute atomic E-state index is 12.3. The first kappa shape index (κ1) is 15.0. The Morgan fingerprint density at radius 1 is 1.29 bits per heavy atom. The summed E-state index contributed by atoms with van der Waals surface area (Å²) >= 11 is 3.37. The molecule has 0 radical (unpaired) electrons. The highest BCUT2D eigenvalue weighted by molar-refractivity contribution is 9.10. The number of fused-ring (bicyclic) bond motifs is 1. The Morgan fingerprint density at radius 3 is 2.62 bits per heavy atom. The van der Waals surface area contributed by atoms with Gasteiger partial charge in [-0.1, -0.05) is 26.0 Å². The number of carbonyl (C=O) groups is 1. The van der Waals surface area contributed by atoms with Crippen LogP contribution in [0, 0.1) is 17.3 Å². The van der Waals surface area contributed by atoms with Crippen LogP contribution in [0.2, 0.25) is 0 Å². The lowest BCUT2D eigenvalue weighted by Crippen LogP contribution is -2.45. The molecule has 21 heavy (non-hydrogen) atoms. The van der Waals surface area contributed by atoms with E-state index in [9.17, 15) is 9.90 Å². The molecule has 3 nitrogen and oxygen atoms in total. The Labute approximate surface area is 133 Å². The average Bonchev–Trinajstić information content (AvgIpc) is 2.90. The number of halogens is 1. The van der Waals surface area contributed by atoms with E-state index in [2.05, 4.69) is 29.8 Å². The monoisotopic (exact) mass is 352 g/mol. The third kappa shape index (κ3) is 2.53. The number of hydrogen-bond acceptors (Lipinski definition) is 3. The molecule has 2 saturated carbocycles. The van der Waals surface area contributed by atoms with E-state index in [0.717, 1.165) is 10.9 Å². The van der Waals surface area contributed by atoms with Gasteiger partial charge in [-0.3, -0.25) is 0 Å². The highest BCUT2D eigenvalue weighted by Crippen LogP contribution is 2.66. The van der Waals surface area contributed by atoms with Crippen molar-refractivity contribution in [2.75, 3.05) is 0 Å². The zero-order valence-corrected chi connectivity index (χ0v) is 14.2. The topological polar surface area (TPSA) is 46.5 Å². The Morgan fingerprint density at radius 2 is 1.95 bits per heavy atom. The summed E-state index contributed by atoms with van der Waals surface area (Å²) in [4.78, 5) is 12.3. The normalized spacial score (nSPS) is 36.7. The van der Waals surface area contributed by atoms with E-state index in [1.54, 1.807) is 19.1 Å². The maximum Gasteiger partial charge on any atom is 0.339 e. The molecule has 114 valence electrons. The Bertz CT molecular complexity index is 579. The molecular formula is C17H21BrO3. The van der Waals surface area contributed by atoms with Crippen LogP contribution in [-0.2, 0) is 4.74 Å². The summed E-state index contributed by atoms with van der Waals surface area (Å²) in [5.74, 6) is 0.727. The van der Waals surface area contributed by atoms with Crippen molar-refractivity contribution in [1.82, 2.24) is 0 Å². The largest absolute Gasteiger partial charge is 0.456 e. The van der Waals surface area contributed by atoms with Crippen LogP contribution in [0.3, 0.4) is 0 Å². The summed E-state index contributed by atoms with van der Waals surface area (Å²) in [5, 5.41) is 10.6. The predicted octanol–water partition coefficient (Wildman–Crippen LogP) is 3.79. The van der Waals surface area contributed by atoms with Crippen molar-refractivity contribution in [1.29, 1.82) is 0 Å². The number of ether oxygens (including phenoxy) is 1. The zero-order chi connectivity index (χ0) is 15.4. The molecule has 0 aliphatic heterocycles. The van der Waals surface area contributed by atoms with E-state index in [0.29, 0.717) is 23.8 Å². The highest BCUT2D eigenvalue weighted by atomic mass is 79.9. The van der Waals surface area contributed by atoms with Crippen molar-refractivity contribution in [2.24, 2.45) is 17.3 Å². The molecule has 0 aromatic heterocycles. The van der Waals surface area contributed by atoms with Gasteiger partial charge in [0.05, 0.1) is 11.2 Å². The number of esters is 1. The predicted molar refractivity (Wildman–Crippen MR) is 84.0 cm³/mol. The van der Waals surface area contributed by atoms with Gasteiger partial charge in [-0.05, 0) is 65.1 Å². The molecule has 4 atom stereocenters. The van der Waals surface area contributed by atoms with Crippen molar-refractivity contribution in [3.63, 3.8) is 0 Å². The molecule has 0 bridgehead atoms. The van der Waals surface area contributed by atoms with Gasteiger partial charge in [0, 0.05) is 4.47 Å². The van der Waals surface area contributed by atoms with E-state index < -0.39 is 11.7 Å². The van der Waals surface area contributed by atoms with Gasteiger partial charge in [0.25, 0.3) is 0 Å². The number of benzene rings is 1. The van der Waals surface area contributed by atoms with E-state index in [4.69, 9.17) is 4.74 Å². The van der Waals surface area contributed by atoms with Crippen LogP contribution in [0.1, 0.15) is 44.0 Å². The second-order valence-electron chi connectivity index (χ2n) is 7.21. The molecule has 1 aromatic rings. The molecule has 2 fully saturated rings. The molecule has 0 heterocycles. The zero-order valence-electron chi connectivity index (χ0n) is 12.6. The number of hydrogen-bond donors (Lipinski definition) is 1. The van der Waals surface area contributed by atoms with Gasteiger partial charge < -0.3 is 9.84 Å². The minimum Gasteiger partial charge on any atom is -0.456 e. The van der Waals surface area contributed by atoms with E-state index in [1.165, 1.54) is 0 Å². The molecule has 2 aliphatic carbocycles. The summed E-state index contributed by atoms with van der Waals surface area (Å²) in [6.45, 7) is 6.25. The molecule has 1 N–H and O–H groups in total. The smallest absolute Gasteiger partial charge is 0.339 e. The van der Waals surface area contributed by atoms with Gasteiger partial charge in [-0.25, -0.2) is 4.79 Å². The third-order valence-electron chi connectivity index (χ3n) is 5.43. The lowest BCUT2D eigenvalue weighted by atomic mass is 9.83.